The Bertz CT molecular complexity index is 787. The summed E-state index contributed by atoms with van der Waals surface area (Å²) in [7, 11) is 0. The summed E-state index contributed by atoms with van der Waals surface area (Å²) in [5.74, 6) is -1.21. The highest BCUT2D eigenvalue weighted by molar-refractivity contribution is 5.91. The molecule has 2 amide bonds. The van der Waals surface area contributed by atoms with Gasteiger partial charge in [0, 0.05) is 6.54 Å². The van der Waals surface area contributed by atoms with E-state index in [0.717, 1.165) is 11.1 Å². The van der Waals surface area contributed by atoms with Gasteiger partial charge in [0.05, 0.1) is 5.56 Å². The molecule has 2 rings (SSSR count). The summed E-state index contributed by atoms with van der Waals surface area (Å²) in [6.07, 6.45) is 0. The second-order valence-electron chi connectivity index (χ2n) is 5.56. The van der Waals surface area contributed by atoms with Crippen LogP contribution in [0.4, 0.5) is 0 Å². The van der Waals surface area contributed by atoms with Crippen LogP contribution in [0.25, 0.3) is 0 Å². The molecule has 2 aromatic rings. The Morgan fingerprint density at radius 1 is 1.00 bits per heavy atom. The molecule has 0 bridgehead atoms. The van der Waals surface area contributed by atoms with Gasteiger partial charge >= 0.3 is 5.97 Å². The summed E-state index contributed by atoms with van der Waals surface area (Å²) in [6.45, 7) is 1.71. The fourth-order valence-corrected chi connectivity index (χ4v) is 2.11. The molecular formula is C19H20N2O5. The summed E-state index contributed by atoms with van der Waals surface area (Å²) in [6, 6.07) is 13.7. The van der Waals surface area contributed by atoms with Crippen LogP contribution >= 0.6 is 0 Å². The predicted molar refractivity (Wildman–Crippen MR) is 94.4 cm³/mol. The molecule has 26 heavy (non-hydrogen) atoms. The van der Waals surface area contributed by atoms with E-state index in [0.29, 0.717) is 12.3 Å². The van der Waals surface area contributed by atoms with Gasteiger partial charge in [0.1, 0.15) is 5.75 Å². The number of benzene rings is 2. The number of carbonyl (C=O) groups excluding carboxylic acids is 3. The zero-order valence-electron chi connectivity index (χ0n) is 14.4. The number of amides is 2. The monoisotopic (exact) mass is 356 g/mol. The maximum Gasteiger partial charge on any atom is 0.338 e. The molecule has 3 N–H and O–H groups in total. The zero-order valence-corrected chi connectivity index (χ0v) is 14.4. The van der Waals surface area contributed by atoms with Crippen LogP contribution in [0.5, 0.6) is 5.75 Å². The van der Waals surface area contributed by atoms with Crippen molar-refractivity contribution in [3.8, 4) is 5.75 Å². The van der Waals surface area contributed by atoms with Crippen LogP contribution < -0.4 is 15.8 Å². The molecular weight excluding hydrogens is 336 g/mol. The molecule has 0 aliphatic carbocycles. The van der Waals surface area contributed by atoms with Crippen molar-refractivity contribution >= 4 is 17.8 Å². The van der Waals surface area contributed by atoms with E-state index in [4.69, 9.17) is 15.2 Å². The number of primary amides is 1. The van der Waals surface area contributed by atoms with E-state index in [-0.39, 0.29) is 24.7 Å². The van der Waals surface area contributed by atoms with Crippen molar-refractivity contribution in [1.82, 2.24) is 5.32 Å². The van der Waals surface area contributed by atoms with Crippen LogP contribution in [0.15, 0.2) is 48.5 Å². The van der Waals surface area contributed by atoms with E-state index in [1.807, 2.05) is 31.2 Å². The number of carbonyl (C=O) groups is 3. The lowest BCUT2D eigenvalue weighted by Crippen LogP contribution is -2.28. The van der Waals surface area contributed by atoms with Crippen molar-refractivity contribution in [3.05, 3.63) is 65.2 Å². The van der Waals surface area contributed by atoms with E-state index < -0.39 is 11.9 Å². The maximum absolute atomic E-state index is 11.9. The van der Waals surface area contributed by atoms with Crippen molar-refractivity contribution in [2.45, 2.75) is 13.5 Å². The third-order valence-electron chi connectivity index (χ3n) is 3.54. The van der Waals surface area contributed by atoms with Crippen LogP contribution in [0, 0.1) is 6.92 Å². The highest BCUT2D eigenvalue weighted by Gasteiger charge is 2.11. The van der Waals surface area contributed by atoms with E-state index >= 15 is 0 Å². The van der Waals surface area contributed by atoms with Gasteiger partial charge in [-0.2, -0.15) is 0 Å². The Morgan fingerprint density at radius 2 is 1.69 bits per heavy atom. The molecule has 0 heterocycles. The van der Waals surface area contributed by atoms with Gasteiger partial charge in [-0.1, -0.05) is 24.3 Å². The standard InChI is InChI=1S/C19H20N2O5/c1-13-4-2-3-5-15(13)10-21-18(23)12-26-19(24)14-6-8-16(9-7-14)25-11-17(20)22/h2-9H,10-12H2,1H3,(H2,20,22)(H,21,23). The molecule has 7 heteroatoms. The molecule has 0 spiro atoms. The summed E-state index contributed by atoms with van der Waals surface area (Å²) in [5, 5.41) is 2.70. The fraction of sp³-hybridized carbons (Fsp3) is 0.211. The van der Waals surface area contributed by atoms with Gasteiger partial charge in [0.2, 0.25) is 0 Å². The number of ether oxygens (including phenoxy) is 2. The van der Waals surface area contributed by atoms with Gasteiger partial charge in [0.25, 0.3) is 11.8 Å². The number of esters is 1. The Morgan fingerprint density at radius 3 is 2.35 bits per heavy atom. The quantitative estimate of drug-likeness (QED) is 0.694. The predicted octanol–water partition coefficient (Wildman–Crippen LogP) is 1.33. The molecule has 0 radical (unpaired) electrons. The van der Waals surface area contributed by atoms with Crippen LogP contribution in [0.3, 0.4) is 0 Å². The van der Waals surface area contributed by atoms with Crippen LogP contribution in [0.2, 0.25) is 0 Å². The number of nitrogens with one attached hydrogen (secondary N) is 1. The normalized spacial score (nSPS) is 10.0. The van der Waals surface area contributed by atoms with Gasteiger partial charge in [-0.3, -0.25) is 9.59 Å². The minimum absolute atomic E-state index is 0.245. The summed E-state index contributed by atoms with van der Waals surface area (Å²) < 4.78 is 10.1. The van der Waals surface area contributed by atoms with Gasteiger partial charge in [-0.25, -0.2) is 4.79 Å². The second-order valence-corrected chi connectivity index (χ2v) is 5.56. The maximum atomic E-state index is 11.9. The number of aryl methyl sites for hydroxylation is 1. The molecule has 0 saturated heterocycles. The third kappa shape index (κ3) is 5.94. The average Bonchev–Trinajstić information content (AvgIpc) is 2.64. The lowest BCUT2D eigenvalue weighted by Gasteiger charge is -2.09. The molecule has 136 valence electrons. The topological polar surface area (TPSA) is 108 Å². The number of nitrogens with two attached hydrogens (primary N) is 1. The zero-order chi connectivity index (χ0) is 18.9. The highest BCUT2D eigenvalue weighted by atomic mass is 16.5. The minimum Gasteiger partial charge on any atom is -0.484 e. The van der Waals surface area contributed by atoms with Gasteiger partial charge in [0.15, 0.2) is 13.2 Å². The van der Waals surface area contributed by atoms with Crippen molar-refractivity contribution in [2.24, 2.45) is 5.73 Å². The molecule has 0 aromatic heterocycles. The van der Waals surface area contributed by atoms with E-state index in [1.165, 1.54) is 24.3 Å². The smallest absolute Gasteiger partial charge is 0.338 e. The summed E-state index contributed by atoms with van der Waals surface area (Å²) in [4.78, 5) is 34.4. The minimum atomic E-state index is -0.627. The first-order valence-corrected chi connectivity index (χ1v) is 7.95. The number of rotatable bonds is 8. The largest absolute Gasteiger partial charge is 0.484 e. The van der Waals surface area contributed by atoms with Crippen molar-refractivity contribution < 1.29 is 23.9 Å². The first-order valence-electron chi connectivity index (χ1n) is 7.95. The lowest BCUT2D eigenvalue weighted by atomic mass is 10.1. The summed E-state index contributed by atoms with van der Waals surface area (Å²) >= 11 is 0. The van der Waals surface area contributed by atoms with Gasteiger partial charge in [-0.05, 0) is 42.3 Å². The SMILES string of the molecule is Cc1ccccc1CNC(=O)COC(=O)c1ccc(OCC(N)=O)cc1. The highest BCUT2D eigenvalue weighted by Crippen LogP contribution is 2.13. The molecule has 0 aliphatic heterocycles. The molecule has 0 unspecified atom stereocenters. The van der Waals surface area contributed by atoms with Gasteiger partial charge in [-0.15, -0.1) is 0 Å². The number of hydrogen-bond acceptors (Lipinski definition) is 5. The summed E-state index contributed by atoms with van der Waals surface area (Å²) in [5.41, 5.74) is 7.32. The van der Waals surface area contributed by atoms with E-state index in [1.54, 1.807) is 0 Å². The van der Waals surface area contributed by atoms with Crippen LogP contribution in [-0.2, 0) is 20.9 Å². The van der Waals surface area contributed by atoms with E-state index in [2.05, 4.69) is 5.32 Å². The second kappa shape index (κ2) is 9.22. The molecule has 7 nitrogen and oxygen atoms in total. The molecule has 0 aliphatic rings. The molecule has 0 atom stereocenters. The number of hydrogen-bond donors (Lipinski definition) is 2. The third-order valence-corrected chi connectivity index (χ3v) is 3.54. The first kappa shape index (κ1) is 19.0. The molecule has 0 fully saturated rings. The fourth-order valence-electron chi connectivity index (χ4n) is 2.11. The average molecular weight is 356 g/mol. The first-order chi connectivity index (χ1) is 12.5. The Labute approximate surface area is 151 Å². The molecule has 2 aromatic carbocycles. The Kier molecular flexibility index (Phi) is 6.73. The van der Waals surface area contributed by atoms with Crippen LogP contribution in [-0.4, -0.2) is 31.0 Å². The van der Waals surface area contributed by atoms with Crippen LogP contribution in [0.1, 0.15) is 21.5 Å². The van der Waals surface area contributed by atoms with Crippen molar-refractivity contribution in [3.63, 3.8) is 0 Å². The Hall–Kier alpha value is -3.35. The van der Waals surface area contributed by atoms with E-state index in [9.17, 15) is 14.4 Å². The Balaban J connectivity index is 1.77. The van der Waals surface area contributed by atoms with Gasteiger partial charge < -0.3 is 20.5 Å². The molecule has 0 saturated carbocycles. The van der Waals surface area contributed by atoms with Crippen molar-refractivity contribution in [1.29, 1.82) is 0 Å². The van der Waals surface area contributed by atoms with Crippen molar-refractivity contribution in [2.75, 3.05) is 13.2 Å². The lowest BCUT2D eigenvalue weighted by molar-refractivity contribution is -0.124.